The Morgan fingerprint density at radius 1 is 1.23 bits per heavy atom. The maximum Gasteiger partial charge on any atom is 0.417 e. The Labute approximate surface area is 245 Å². The van der Waals surface area contributed by atoms with Gasteiger partial charge in [-0.1, -0.05) is 0 Å². The van der Waals surface area contributed by atoms with E-state index in [0.29, 0.717) is 13.2 Å². The lowest BCUT2D eigenvalue weighted by atomic mass is 9.58. The zero-order valence-electron chi connectivity index (χ0n) is 23.9. The maximum absolute atomic E-state index is 14.8. The third-order valence-electron chi connectivity index (χ3n) is 9.32. The number of phenols is 1. The molecule has 1 aromatic rings. The molecule has 14 heteroatoms. The van der Waals surface area contributed by atoms with Crippen LogP contribution in [0.1, 0.15) is 46.3 Å². The normalized spacial score (nSPS) is 29.7. The van der Waals surface area contributed by atoms with E-state index in [0.717, 1.165) is 18.9 Å². The summed E-state index contributed by atoms with van der Waals surface area (Å²) >= 11 is 0. The van der Waals surface area contributed by atoms with Gasteiger partial charge in [-0.3, -0.25) is 24.2 Å². The number of hydrogen-bond acceptors (Lipinski definition) is 10. The Kier molecular flexibility index (Phi) is 7.65. The lowest BCUT2D eigenvalue weighted by Gasteiger charge is -2.50. The van der Waals surface area contributed by atoms with Gasteiger partial charge in [-0.15, -0.1) is 0 Å². The number of likely N-dealkylation sites (tertiary alicyclic amines) is 1. The zero-order valence-corrected chi connectivity index (χ0v) is 23.9. The standard InChI is InChI=1S/C29H34F3N3O8/c1-34(2)22-16-8-12-7-15-19(23(37)18(12)25(39)28(16,42)26(40)20(24(22)38)27(33)41)17(36)9-13(21(15)29(30,31)32)10-35-6-4-5-14(35)11-43-3/h9,12,14,16,22,36,38-39,42H,4-8,10-11H2,1-3H3,(H2,33,41)/t12-,14-,16-,22-,28-/m0/s1. The van der Waals surface area contributed by atoms with Crippen LogP contribution in [-0.2, 0) is 33.5 Å². The Morgan fingerprint density at radius 2 is 1.91 bits per heavy atom. The Balaban J connectivity index is 1.67. The first kappa shape index (κ1) is 31.0. The number of carbonyl (C=O) groups is 3. The highest BCUT2D eigenvalue weighted by molar-refractivity contribution is 6.24. The predicted molar refractivity (Wildman–Crippen MR) is 144 cm³/mol. The number of halogens is 3. The van der Waals surface area contributed by atoms with Crippen LogP contribution in [-0.4, -0.2) is 99.7 Å². The highest BCUT2D eigenvalue weighted by Gasteiger charge is 2.63. The molecule has 4 aliphatic rings. The molecule has 5 rings (SSSR count). The van der Waals surface area contributed by atoms with Gasteiger partial charge >= 0.3 is 6.18 Å². The van der Waals surface area contributed by atoms with E-state index in [4.69, 9.17) is 10.5 Å². The highest BCUT2D eigenvalue weighted by atomic mass is 19.4. The van der Waals surface area contributed by atoms with Crippen LogP contribution in [0.5, 0.6) is 5.75 Å². The number of rotatable bonds is 6. The summed E-state index contributed by atoms with van der Waals surface area (Å²) in [5.41, 5.74) is -1.43. The van der Waals surface area contributed by atoms with Gasteiger partial charge in [0, 0.05) is 31.2 Å². The molecule has 3 aliphatic carbocycles. The number of fused-ring (bicyclic) bond motifs is 3. The van der Waals surface area contributed by atoms with Crippen molar-refractivity contribution in [1.29, 1.82) is 0 Å². The number of ketones is 2. The average molecular weight is 610 g/mol. The molecule has 0 saturated carbocycles. The zero-order chi connectivity index (χ0) is 31.8. The SMILES string of the molecule is COC[C@@H]1CCCN1Cc1cc(O)c2c(c1C(F)(F)F)C[C@H]1C[C@H]3[C@H](N(C)C)C(O)=C(C(N)=O)C(=O)[C@@]3(O)C(O)=C1C2=O. The third kappa shape index (κ3) is 4.62. The molecule has 234 valence electrons. The summed E-state index contributed by atoms with van der Waals surface area (Å²) in [5.74, 6) is -9.04. The molecule has 0 aromatic heterocycles. The Bertz CT molecular complexity index is 1470. The van der Waals surface area contributed by atoms with Gasteiger partial charge in [0.1, 0.15) is 22.8 Å². The van der Waals surface area contributed by atoms with E-state index in [9.17, 15) is 48.0 Å². The number of allylic oxidation sites excluding steroid dienone is 1. The van der Waals surface area contributed by atoms with E-state index in [1.165, 1.54) is 26.1 Å². The first-order valence-electron chi connectivity index (χ1n) is 13.9. The number of carbonyl (C=O) groups excluding carboxylic acids is 3. The van der Waals surface area contributed by atoms with E-state index in [1.54, 1.807) is 0 Å². The number of methoxy groups -OCH3 is 1. The number of aromatic hydroxyl groups is 1. The second-order valence-corrected chi connectivity index (χ2v) is 12.0. The molecule has 0 spiro atoms. The maximum atomic E-state index is 14.8. The molecule has 43 heavy (non-hydrogen) atoms. The van der Waals surface area contributed by atoms with E-state index >= 15 is 0 Å². The van der Waals surface area contributed by atoms with Crippen LogP contribution in [0.2, 0.25) is 0 Å². The minimum absolute atomic E-state index is 0.119. The van der Waals surface area contributed by atoms with Crippen LogP contribution >= 0.6 is 0 Å². The summed E-state index contributed by atoms with van der Waals surface area (Å²) in [6.07, 6.45) is -4.18. The number of primary amides is 1. The largest absolute Gasteiger partial charge is 0.510 e. The quantitative estimate of drug-likeness (QED) is 0.299. The molecular weight excluding hydrogens is 575 g/mol. The number of aliphatic hydroxyl groups excluding tert-OH is 2. The molecule has 0 radical (unpaired) electrons. The van der Waals surface area contributed by atoms with Crippen molar-refractivity contribution in [3.63, 3.8) is 0 Å². The second kappa shape index (κ2) is 10.6. The summed E-state index contributed by atoms with van der Waals surface area (Å²) in [6.45, 7) is 0.696. The van der Waals surface area contributed by atoms with Gasteiger partial charge in [0.2, 0.25) is 5.78 Å². The Hall–Kier alpha value is -3.46. The highest BCUT2D eigenvalue weighted by Crippen LogP contribution is 2.54. The summed E-state index contributed by atoms with van der Waals surface area (Å²) in [5, 5.41) is 44.8. The summed E-state index contributed by atoms with van der Waals surface area (Å²) in [7, 11) is 4.44. The fraction of sp³-hybridized carbons (Fsp3) is 0.552. The lowest BCUT2D eigenvalue weighted by Crippen LogP contribution is -2.63. The molecule has 5 atom stereocenters. The number of nitrogens with two attached hydrogens (primary N) is 1. The molecule has 1 amide bonds. The van der Waals surface area contributed by atoms with Crippen LogP contribution in [0.25, 0.3) is 0 Å². The number of nitrogens with zero attached hydrogens (tertiary/aromatic N) is 2. The summed E-state index contributed by atoms with van der Waals surface area (Å²) in [4.78, 5) is 42.5. The van der Waals surface area contributed by atoms with Crippen molar-refractivity contribution in [3.8, 4) is 5.75 Å². The van der Waals surface area contributed by atoms with Crippen molar-refractivity contribution >= 4 is 17.5 Å². The molecule has 1 heterocycles. The van der Waals surface area contributed by atoms with E-state index in [-0.39, 0.29) is 24.6 Å². The number of alkyl halides is 3. The van der Waals surface area contributed by atoms with Crippen molar-refractivity contribution in [2.75, 3.05) is 34.4 Å². The van der Waals surface area contributed by atoms with Gasteiger partial charge in [-0.25, -0.2) is 0 Å². The molecule has 0 bridgehead atoms. The fourth-order valence-electron chi connectivity index (χ4n) is 7.57. The first-order valence-corrected chi connectivity index (χ1v) is 13.9. The van der Waals surface area contributed by atoms with Crippen molar-refractivity contribution < 1.29 is 52.7 Å². The van der Waals surface area contributed by atoms with Gasteiger partial charge in [0.25, 0.3) is 5.91 Å². The molecular formula is C29H34F3N3O8. The van der Waals surface area contributed by atoms with Crippen LogP contribution in [0.3, 0.4) is 0 Å². The number of phenolic OH excluding ortho intramolecular Hbond substituents is 1. The molecule has 1 saturated heterocycles. The molecule has 11 nitrogen and oxygen atoms in total. The number of benzene rings is 1. The number of ether oxygens (including phenoxy) is 1. The average Bonchev–Trinajstić information content (AvgIpc) is 3.31. The van der Waals surface area contributed by atoms with E-state index in [1.807, 2.05) is 4.90 Å². The monoisotopic (exact) mass is 609 g/mol. The molecule has 1 aromatic carbocycles. The number of likely N-dealkylation sites (N-methyl/N-ethyl adjacent to an activating group) is 1. The number of hydrogen-bond donors (Lipinski definition) is 5. The summed E-state index contributed by atoms with van der Waals surface area (Å²) < 4.78 is 49.5. The number of amides is 1. The van der Waals surface area contributed by atoms with Crippen LogP contribution in [0, 0.1) is 11.8 Å². The topological polar surface area (TPSA) is 174 Å². The third-order valence-corrected chi connectivity index (χ3v) is 9.32. The smallest absolute Gasteiger partial charge is 0.417 e. The van der Waals surface area contributed by atoms with Crippen LogP contribution < -0.4 is 5.73 Å². The molecule has 1 fully saturated rings. The fourth-order valence-corrected chi connectivity index (χ4v) is 7.57. The van der Waals surface area contributed by atoms with Gasteiger partial charge in [0.05, 0.1) is 23.8 Å². The van der Waals surface area contributed by atoms with Crippen molar-refractivity contribution in [1.82, 2.24) is 9.80 Å². The minimum Gasteiger partial charge on any atom is -0.510 e. The number of aliphatic hydroxyl groups is 3. The first-order chi connectivity index (χ1) is 20.0. The predicted octanol–water partition coefficient (Wildman–Crippen LogP) is 1.75. The van der Waals surface area contributed by atoms with Crippen LogP contribution in [0.15, 0.2) is 28.7 Å². The van der Waals surface area contributed by atoms with Gasteiger partial charge in [-0.05, 0) is 69.4 Å². The van der Waals surface area contributed by atoms with Gasteiger partial charge in [0.15, 0.2) is 11.4 Å². The number of Topliss-reactive ketones (excluding diaryl/α,β-unsaturated/α-hetero) is 2. The molecule has 6 N–H and O–H groups in total. The van der Waals surface area contributed by atoms with E-state index < -0.39 is 98.7 Å². The lowest BCUT2D eigenvalue weighted by molar-refractivity contribution is -0.148. The van der Waals surface area contributed by atoms with Crippen molar-refractivity contribution in [3.05, 3.63) is 51.0 Å². The van der Waals surface area contributed by atoms with Crippen molar-refractivity contribution in [2.24, 2.45) is 17.6 Å². The molecule has 1 aliphatic heterocycles. The van der Waals surface area contributed by atoms with E-state index in [2.05, 4.69) is 0 Å². The molecule has 0 unspecified atom stereocenters. The van der Waals surface area contributed by atoms with Gasteiger partial charge < -0.3 is 30.9 Å². The van der Waals surface area contributed by atoms with Crippen LogP contribution in [0.4, 0.5) is 13.2 Å². The summed E-state index contributed by atoms with van der Waals surface area (Å²) in [6, 6.07) is -0.467. The Morgan fingerprint density at radius 3 is 2.49 bits per heavy atom. The van der Waals surface area contributed by atoms with Crippen molar-refractivity contribution in [2.45, 2.75) is 56.1 Å². The minimum atomic E-state index is -4.91. The van der Waals surface area contributed by atoms with Gasteiger partial charge in [-0.2, -0.15) is 13.2 Å². The second-order valence-electron chi connectivity index (χ2n) is 12.0.